The van der Waals surface area contributed by atoms with Crippen molar-refractivity contribution >= 4 is 23.4 Å². The molecule has 3 heteroatoms. The average Bonchev–Trinajstić information content (AvgIpc) is 2.50. The Hall–Kier alpha value is -0.960. The highest BCUT2D eigenvalue weighted by Crippen LogP contribution is 2.39. The molecule has 2 unspecified atom stereocenters. The van der Waals surface area contributed by atoms with Crippen LogP contribution < -0.4 is 5.32 Å². The van der Waals surface area contributed by atoms with Crippen molar-refractivity contribution in [3.63, 3.8) is 0 Å². The molecule has 0 aliphatic carbocycles. The third-order valence-electron chi connectivity index (χ3n) is 3.55. The van der Waals surface area contributed by atoms with Gasteiger partial charge in [0.05, 0.1) is 5.02 Å². The van der Waals surface area contributed by atoms with Gasteiger partial charge in [0, 0.05) is 16.2 Å². The fourth-order valence-electron chi connectivity index (χ4n) is 2.46. The number of hydrogen-bond donors (Lipinski definition) is 1. The molecule has 0 aliphatic rings. The van der Waals surface area contributed by atoms with Crippen LogP contribution in [-0.4, -0.2) is 12.3 Å². The summed E-state index contributed by atoms with van der Waals surface area (Å²) < 4.78 is 0. The molecule has 1 N–H and O–H groups in total. The van der Waals surface area contributed by atoms with Crippen LogP contribution in [0.15, 0.2) is 59.5 Å². The minimum atomic E-state index is 0.299. The van der Waals surface area contributed by atoms with E-state index in [0.29, 0.717) is 17.2 Å². The Morgan fingerprint density at radius 1 is 0.952 bits per heavy atom. The molecule has 0 aromatic heterocycles. The SMILES string of the molecule is CNC(c1ccccc1)C(Sc1ccccc1Cl)C(C)C. The Kier molecular flexibility index (Phi) is 6.16. The van der Waals surface area contributed by atoms with Gasteiger partial charge >= 0.3 is 0 Å². The van der Waals surface area contributed by atoms with Crippen LogP contribution in [0, 0.1) is 5.92 Å². The number of hydrogen-bond acceptors (Lipinski definition) is 2. The van der Waals surface area contributed by atoms with Crippen molar-refractivity contribution in [2.75, 3.05) is 7.05 Å². The van der Waals surface area contributed by atoms with E-state index in [4.69, 9.17) is 11.6 Å². The number of nitrogens with one attached hydrogen (secondary N) is 1. The Balaban J connectivity index is 2.28. The van der Waals surface area contributed by atoms with E-state index in [-0.39, 0.29) is 0 Å². The topological polar surface area (TPSA) is 12.0 Å². The van der Waals surface area contributed by atoms with Crippen molar-refractivity contribution in [3.05, 3.63) is 65.2 Å². The first-order chi connectivity index (χ1) is 10.1. The first-order valence-corrected chi connectivity index (χ1v) is 8.52. The van der Waals surface area contributed by atoms with Gasteiger partial charge in [-0.25, -0.2) is 0 Å². The van der Waals surface area contributed by atoms with E-state index in [0.717, 1.165) is 9.92 Å². The highest BCUT2D eigenvalue weighted by atomic mass is 35.5. The van der Waals surface area contributed by atoms with Crippen molar-refractivity contribution < 1.29 is 0 Å². The van der Waals surface area contributed by atoms with E-state index in [1.807, 2.05) is 37.0 Å². The largest absolute Gasteiger partial charge is 0.312 e. The van der Waals surface area contributed by atoms with Crippen molar-refractivity contribution in [2.24, 2.45) is 5.92 Å². The molecule has 0 aliphatic heterocycles. The lowest BCUT2D eigenvalue weighted by Gasteiger charge is -2.30. The molecule has 0 fully saturated rings. The second-order valence-electron chi connectivity index (χ2n) is 5.43. The van der Waals surface area contributed by atoms with E-state index in [1.165, 1.54) is 5.56 Å². The van der Waals surface area contributed by atoms with E-state index >= 15 is 0 Å². The van der Waals surface area contributed by atoms with Crippen LogP contribution >= 0.6 is 23.4 Å². The van der Waals surface area contributed by atoms with Gasteiger partial charge in [-0.2, -0.15) is 0 Å². The Morgan fingerprint density at radius 3 is 2.14 bits per heavy atom. The number of rotatable bonds is 6. The Morgan fingerprint density at radius 2 is 1.57 bits per heavy atom. The third kappa shape index (κ3) is 4.26. The van der Waals surface area contributed by atoms with Gasteiger partial charge in [0.25, 0.3) is 0 Å². The molecule has 21 heavy (non-hydrogen) atoms. The Bertz CT molecular complexity index is 556. The standard InChI is InChI=1S/C18H22ClNS/c1-13(2)18(21-16-12-8-7-11-15(16)19)17(20-3)14-9-5-4-6-10-14/h4-13,17-18,20H,1-3H3. The van der Waals surface area contributed by atoms with Gasteiger partial charge in [-0.1, -0.05) is 67.9 Å². The van der Waals surface area contributed by atoms with Crippen molar-refractivity contribution in [3.8, 4) is 0 Å². The van der Waals surface area contributed by atoms with Gasteiger partial charge in [-0.05, 0) is 30.7 Å². The van der Waals surface area contributed by atoms with Crippen LogP contribution in [0.3, 0.4) is 0 Å². The highest BCUT2D eigenvalue weighted by molar-refractivity contribution is 8.00. The van der Waals surface area contributed by atoms with E-state index < -0.39 is 0 Å². The predicted octanol–water partition coefficient (Wildman–Crippen LogP) is 5.42. The highest BCUT2D eigenvalue weighted by Gasteiger charge is 2.26. The van der Waals surface area contributed by atoms with Crippen molar-refractivity contribution in [2.45, 2.75) is 30.0 Å². The lowest BCUT2D eigenvalue weighted by atomic mass is 9.96. The molecule has 1 nitrogen and oxygen atoms in total. The quantitative estimate of drug-likeness (QED) is 0.714. The van der Waals surface area contributed by atoms with E-state index in [9.17, 15) is 0 Å². The zero-order chi connectivity index (χ0) is 15.2. The molecule has 0 radical (unpaired) electrons. The molecule has 0 saturated carbocycles. The van der Waals surface area contributed by atoms with Gasteiger partial charge < -0.3 is 5.32 Å². The fraction of sp³-hybridized carbons (Fsp3) is 0.333. The van der Waals surface area contributed by atoms with Gasteiger partial charge in [0.1, 0.15) is 0 Å². The molecule has 0 amide bonds. The van der Waals surface area contributed by atoms with Crippen molar-refractivity contribution in [1.82, 2.24) is 5.32 Å². The molecule has 0 spiro atoms. The fourth-order valence-corrected chi connectivity index (χ4v) is 4.06. The zero-order valence-corrected chi connectivity index (χ0v) is 14.3. The second-order valence-corrected chi connectivity index (χ2v) is 7.06. The molecule has 0 heterocycles. The van der Waals surface area contributed by atoms with Gasteiger partial charge in [-0.15, -0.1) is 11.8 Å². The molecular formula is C18H22ClNS. The van der Waals surface area contributed by atoms with Crippen LogP contribution in [0.1, 0.15) is 25.5 Å². The normalized spacial score (nSPS) is 14.1. The monoisotopic (exact) mass is 319 g/mol. The van der Waals surface area contributed by atoms with Gasteiger partial charge in [0.15, 0.2) is 0 Å². The first kappa shape index (κ1) is 16.4. The predicted molar refractivity (Wildman–Crippen MR) is 94.2 cm³/mol. The summed E-state index contributed by atoms with van der Waals surface area (Å²) in [5.41, 5.74) is 1.32. The lowest BCUT2D eigenvalue weighted by Crippen LogP contribution is -2.31. The maximum absolute atomic E-state index is 6.33. The maximum Gasteiger partial charge on any atom is 0.0541 e. The molecule has 0 saturated heterocycles. The summed E-state index contributed by atoms with van der Waals surface area (Å²) in [5.74, 6) is 0.531. The van der Waals surface area contributed by atoms with Crippen LogP contribution in [-0.2, 0) is 0 Å². The summed E-state index contributed by atoms with van der Waals surface area (Å²) in [6.07, 6.45) is 0. The number of halogens is 1. The summed E-state index contributed by atoms with van der Waals surface area (Å²) in [7, 11) is 2.03. The van der Waals surface area contributed by atoms with Crippen LogP contribution in [0.2, 0.25) is 5.02 Å². The average molecular weight is 320 g/mol. The van der Waals surface area contributed by atoms with Crippen LogP contribution in [0.25, 0.3) is 0 Å². The third-order valence-corrected chi connectivity index (χ3v) is 5.70. The molecule has 2 rings (SSSR count). The molecular weight excluding hydrogens is 298 g/mol. The van der Waals surface area contributed by atoms with Crippen LogP contribution in [0.4, 0.5) is 0 Å². The van der Waals surface area contributed by atoms with E-state index in [1.54, 1.807) is 0 Å². The minimum absolute atomic E-state index is 0.299. The molecule has 2 aromatic carbocycles. The minimum Gasteiger partial charge on any atom is -0.312 e. The lowest BCUT2D eigenvalue weighted by molar-refractivity contribution is 0.473. The first-order valence-electron chi connectivity index (χ1n) is 7.27. The summed E-state index contributed by atoms with van der Waals surface area (Å²) in [6.45, 7) is 4.53. The summed E-state index contributed by atoms with van der Waals surface area (Å²) >= 11 is 8.18. The molecule has 0 bridgehead atoms. The Labute approximate surface area is 137 Å². The molecule has 2 aromatic rings. The zero-order valence-electron chi connectivity index (χ0n) is 12.7. The number of thioether (sulfide) groups is 1. The van der Waals surface area contributed by atoms with Crippen LogP contribution in [0.5, 0.6) is 0 Å². The number of benzene rings is 2. The van der Waals surface area contributed by atoms with Gasteiger partial charge in [-0.3, -0.25) is 0 Å². The van der Waals surface area contributed by atoms with Crippen molar-refractivity contribution in [1.29, 1.82) is 0 Å². The second kappa shape index (κ2) is 7.88. The van der Waals surface area contributed by atoms with E-state index in [2.05, 4.69) is 55.6 Å². The van der Waals surface area contributed by atoms with Gasteiger partial charge in [0.2, 0.25) is 0 Å². The summed E-state index contributed by atoms with van der Waals surface area (Å²) in [6, 6.07) is 19.0. The summed E-state index contributed by atoms with van der Waals surface area (Å²) in [5, 5.41) is 4.72. The summed E-state index contributed by atoms with van der Waals surface area (Å²) in [4.78, 5) is 1.15. The molecule has 112 valence electrons. The maximum atomic E-state index is 6.33. The molecule has 2 atom stereocenters. The smallest absolute Gasteiger partial charge is 0.0541 e.